The zero-order valence-electron chi connectivity index (χ0n) is 11.3. The molecule has 2 rings (SSSR count). The van der Waals surface area contributed by atoms with E-state index in [0.717, 1.165) is 0 Å². The minimum atomic E-state index is -3.03. The van der Waals surface area contributed by atoms with E-state index in [-0.39, 0.29) is 29.8 Å². The lowest BCUT2D eigenvalue weighted by Crippen LogP contribution is -2.50. The Labute approximate surface area is 118 Å². The van der Waals surface area contributed by atoms with Gasteiger partial charge in [0.25, 0.3) is 0 Å². The highest BCUT2D eigenvalue weighted by Gasteiger charge is 2.36. The Morgan fingerprint density at radius 1 is 1.15 bits per heavy atom. The number of carboxylic acid groups (broad SMARTS) is 1. The topological polar surface area (TPSA) is 95.0 Å². The van der Waals surface area contributed by atoms with E-state index >= 15 is 0 Å². The number of sulfone groups is 1. The van der Waals surface area contributed by atoms with Crippen LogP contribution >= 0.6 is 0 Å². The Morgan fingerprint density at radius 3 is 2.30 bits per heavy atom. The van der Waals surface area contributed by atoms with E-state index in [9.17, 15) is 18.0 Å². The van der Waals surface area contributed by atoms with E-state index in [2.05, 4.69) is 0 Å². The molecule has 1 amide bonds. The Bertz CT molecular complexity index is 482. The number of nitrogens with zero attached hydrogens (tertiary/aromatic N) is 2. The summed E-state index contributed by atoms with van der Waals surface area (Å²) in [6.45, 7) is 2.90. The molecule has 2 heterocycles. The van der Waals surface area contributed by atoms with Gasteiger partial charge < -0.3 is 10.0 Å². The molecule has 0 radical (unpaired) electrons. The maximum absolute atomic E-state index is 12.2. The van der Waals surface area contributed by atoms with E-state index < -0.39 is 15.8 Å². The smallest absolute Gasteiger partial charge is 0.304 e. The summed E-state index contributed by atoms with van der Waals surface area (Å²) in [6.07, 6.45) is 0.537. The summed E-state index contributed by atoms with van der Waals surface area (Å²) in [6, 6.07) is 0. The Morgan fingerprint density at radius 2 is 1.80 bits per heavy atom. The average Bonchev–Trinajstić information content (AvgIpc) is 2.76. The van der Waals surface area contributed by atoms with Crippen LogP contribution in [-0.2, 0) is 19.4 Å². The summed E-state index contributed by atoms with van der Waals surface area (Å²) in [5, 5.41) is 8.63. The summed E-state index contributed by atoms with van der Waals surface area (Å²) in [7, 11) is -3.03. The number of hydrogen-bond acceptors (Lipinski definition) is 5. The fourth-order valence-corrected chi connectivity index (χ4v) is 4.43. The van der Waals surface area contributed by atoms with Crippen molar-refractivity contribution < 1.29 is 23.1 Å². The first-order valence-corrected chi connectivity index (χ1v) is 8.63. The largest absolute Gasteiger partial charge is 0.481 e. The van der Waals surface area contributed by atoms with Crippen molar-refractivity contribution >= 4 is 21.7 Å². The van der Waals surface area contributed by atoms with Gasteiger partial charge in [0.1, 0.15) is 0 Å². The molecule has 0 aromatic carbocycles. The van der Waals surface area contributed by atoms with Crippen molar-refractivity contribution in [2.24, 2.45) is 5.92 Å². The monoisotopic (exact) mass is 304 g/mol. The fraction of sp³-hybridized carbons (Fsp3) is 0.833. The molecule has 20 heavy (non-hydrogen) atoms. The van der Waals surface area contributed by atoms with Crippen LogP contribution in [0.2, 0.25) is 0 Å². The van der Waals surface area contributed by atoms with Gasteiger partial charge in [0, 0.05) is 32.7 Å². The quantitative estimate of drug-likeness (QED) is 0.719. The maximum atomic E-state index is 12.2. The number of carbonyl (C=O) groups excluding carboxylic acids is 1. The van der Waals surface area contributed by atoms with E-state index in [1.165, 1.54) is 0 Å². The summed E-state index contributed by atoms with van der Waals surface area (Å²) in [4.78, 5) is 26.4. The minimum absolute atomic E-state index is 0.0228. The number of amides is 1. The highest BCUT2D eigenvalue weighted by atomic mass is 32.2. The second-order valence-electron chi connectivity index (χ2n) is 5.41. The van der Waals surface area contributed by atoms with Crippen molar-refractivity contribution in [2.45, 2.75) is 12.8 Å². The number of rotatable bonds is 4. The third kappa shape index (κ3) is 3.92. The molecule has 0 saturated carbocycles. The van der Waals surface area contributed by atoms with Gasteiger partial charge in [0.05, 0.1) is 23.8 Å². The number of carbonyl (C=O) groups is 2. The minimum Gasteiger partial charge on any atom is -0.481 e. The average molecular weight is 304 g/mol. The molecule has 2 aliphatic heterocycles. The van der Waals surface area contributed by atoms with Crippen LogP contribution in [0.25, 0.3) is 0 Å². The molecule has 1 N–H and O–H groups in total. The van der Waals surface area contributed by atoms with Crippen LogP contribution < -0.4 is 0 Å². The molecule has 0 unspecified atom stereocenters. The van der Waals surface area contributed by atoms with Crippen molar-refractivity contribution in [3.05, 3.63) is 0 Å². The Balaban J connectivity index is 1.79. The molecular weight excluding hydrogens is 284 g/mol. The van der Waals surface area contributed by atoms with Gasteiger partial charge in [-0.15, -0.1) is 0 Å². The molecule has 0 aromatic rings. The van der Waals surface area contributed by atoms with Crippen LogP contribution in [0.3, 0.4) is 0 Å². The molecule has 0 aliphatic carbocycles. The maximum Gasteiger partial charge on any atom is 0.304 e. The van der Waals surface area contributed by atoms with E-state index in [4.69, 9.17) is 5.11 Å². The summed E-state index contributed by atoms with van der Waals surface area (Å²) in [5.74, 6) is -1.18. The Hall–Kier alpha value is -1.15. The lowest BCUT2D eigenvalue weighted by atomic mass is 10.1. The normalized spacial score (nSPS) is 26.6. The summed E-state index contributed by atoms with van der Waals surface area (Å²) in [5.41, 5.74) is 0. The van der Waals surface area contributed by atoms with Gasteiger partial charge in [-0.1, -0.05) is 0 Å². The van der Waals surface area contributed by atoms with Crippen LogP contribution in [0, 0.1) is 5.92 Å². The first-order chi connectivity index (χ1) is 9.37. The predicted molar refractivity (Wildman–Crippen MR) is 72.0 cm³/mol. The van der Waals surface area contributed by atoms with Crippen LogP contribution in [-0.4, -0.2) is 79.4 Å². The van der Waals surface area contributed by atoms with E-state index in [1.807, 2.05) is 4.90 Å². The van der Waals surface area contributed by atoms with Crippen molar-refractivity contribution in [1.82, 2.24) is 9.80 Å². The van der Waals surface area contributed by atoms with Gasteiger partial charge in [-0.25, -0.2) is 8.42 Å². The second kappa shape index (κ2) is 6.09. The van der Waals surface area contributed by atoms with Crippen molar-refractivity contribution in [1.29, 1.82) is 0 Å². The molecule has 1 atom stereocenters. The van der Waals surface area contributed by atoms with Crippen molar-refractivity contribution in [2.75, 3.05) is 44.2 Å². The van der Waals surface area contributed by atoms with Crippen molar-refractivity contribution in [3.63, 3.8) is 0 Å². The molecule has 8 heteroatoms. The molecule has 2 saturated heterocycles. The van der Waals surface area contributed by atoms with E-state index in [1.54, 1.807) is 4.90 Å². The molecule has 2 fully saturated rings. The van der Waals surface area contributed by atoms with Crippen LogP contribution in [0.5, 0.6) is 0 Å². The van der Waals surface area contributed by atoms with Crippen molar-refractivity contribution in [3.8, 4) is 0 Å². The number of aliphatic carboxylic acids is 1. The summed E-state index contributed by atoms with van der Waals surface area (Å²) < 4.78 is 22.8. The predicted octanol–water partition coefficient (Wildman–Crippen LogP) is -0.960. The van der Waals surface area contributed by atoms with Crippen LogP contribution in [0.15, 0.2) is 0 Å². The summed E-state index contributed by atoms with van der Waals surface area (Å²) >= 11 is 0. The fourth-order valence-electron chi connectivity index (χ4n) is 2.69. The third-order valence-corrected chi connectivity index (χ3v) is 5.68. The number of piperazine rings is 1. The zero-order valence-corrected chi connectivity index (χ0v) is 12.1. The number of carboxylic acids is 1. The van der Waals surface area contributed by atoms with Gasteiger partial charge in [-0.05, 0) is 6.42 Å². The lowest BCUT2D eigenvalue weighted by molar-refractivity contribution is -0.139. The highest BCUT2D eigenvalue weighted by molar-refractivity contribution is 7.91. The van der Waals surface area contributed by atoms with Gasteiger partial charge in [0.2, 0.25) is 5.91 Å². The molecule has 0 aromatic heterocycles. The van der Waals surface area contributed by atoms with Gasteiger partial charge >= 0.3 is 5.97 Å². The van der Waals surface area contributed by atoms with E-state index in [0.29, 0.717) is 39.1 Å². The molecule has 2 aliphatic rings. The van der Waals surface area contributed by atoms with Gasteiger partial charge in [-0.3, -0.25) is 14.5 Å². The standard InChI is InChI=1S/C12H20N2O5S/c15-11(16)1-3-13-4-6-14(7-5-13)12(17)10-2-8-20(18,19)9-10/h10H,1-9H2,(H,15,16)/t10-/m1/s1. The van der Waals surface area contributed by atoms with Gasteiger partial charge in [-0.2, -0.15) is 0 Å². The first kappa shape index (κ1) is 15.2. The molecular formula is C12H20N2O5S. The lowest BCUT2D eigenvalue weighted by Gasteiger charge is -2.35. The molecule has 114 valence electrons. The third-order valence-electron chi connectivity index (χ3n) is 3.91. The Kier molecular flexibility index (Phi) is 4.64. The second-order valence-corrected chi connectivity index (χ2v) is 7.64. The SMILES string of the molecule is O=C(O)CCN1CCN(C(=O)[C@@H]2CCS(=O)(=O)C2)CC1. The molecule has 7 nitrogen and oxygen atoms in total. The molecule has 0 spiro atoms. The number of hydrogen-bond donors (Lipinski definition) is 1. The van der Waals surface area contributed by atoms with Crippen LogP contribution in [0.4, 0.5) is 0 Å². The van der Waals surface area contributed by atoms with Gasteiger partial charge in [0.15, 0.2) is 9.84 Å². The zero-order chi connectivity index (χ0) is 14.8. The highest BCUT2D eigenvalue weighted by Crippen LogP contribution is 2.21. The van der Waals surface area contributed by atoms with Crippen LogP contribution in [0.1, 0.15) is 12.8 Å². The first-order valence-electron chi connectivity index (χ1n) is 6.81. The molecule has 0 bridgehead atoms.